The topological polar surface area (TPSA) is 49.8 Å². The average molecular weight is 105 g/mol. The molecule has 0 bridgehead atoms. The predicted octanol–water partition coefficient (Wildman–Crippen LogP) is -0.562. The highest BCUT2D eigenvalue weighted by atomic mass is 16.6. The molecule has 0 radical (unpaired) electrons. The fraction of sp³-hybridized carbons (Fsp3) is 0.667. The zero-order valence-corrected chi connectivity index (χ0v) is 4.00. The maximum atomic E-state index is 9.49. The molecule has 4 heteroatoms. The van der Waals surface area contributed by atoms with Crippen LogP contribution in [0.3, 0.4) is 0 Å². The van der Waals surface area contributed by atoms with E-state index in [1.165, 1.54) is 7.11 Å². The van der Waals surface area contributed by atoms with E-state index in [2.05, 4.69) is 4.74 Å². The van der Waals surface area contributed by atoms with Crippen molar-refractivity contribution in [2.75, 3.05) is 13.8 Å². The van der Waals surface area contributed by atoms with Crippen LogP contribution >= 0.6 is 0 Å². The average Bonchev–Trinajstić information content (AvgIpc) is 1.68. The van der Waals surface area contributed by atoms with Crippen LogP contribution in [-0.2, 0) is 9.53 Å². The number of hydroxylamine groups is 2. The molecule has 0 heterocycles. The van der Waals surface area contributed by atoms with Gasteiger partial charge in [-0.2, -0.15) is 0 Å². The van der Waals surface area contributed by atoms with E-state index in [1.54, 1.807) is 0 Å². The van der Waals surface area contributed by atoms with E-state index in [0.29, 0.717) is 5.06 Å². The summed E-state index contributed by atoms with van der Waals surface area (Å²) in [7, 11) is 1.38. The van der Waals surface area contributed by atoms with Crippen molar-refractivity contribution in [2.24, 2.45) is 0 Å². The van der Waals surface area contributed by atoms with Crippen LogP contribution in [0.1, 0.15) is 0 Å². The summed E-state index contributed by atoms with van der Waals surface area (Å²) in [6.07, 6.45) is 0.267. The lowest BCUT2D eigenvalue weighted by atomic mass is 11.1. The van der Waals surface area contributed by atoms with Crippen molar-refractivity contribution in [1.29, 1.82) is 0 Å². The second-order valence-corrected chi connectivity index (χ2v) is 0.963. The van der Waals surface area contributed by atoms with Gasteiger partial charge in [0.25, 0.3) is 0 Å². The van der Waals surface area contributed by atoms with E-state index in [4.69, 9.17) is 5.21 Å². The first-order valence-corrected chi connectivity index (χ1v) is 1.71. The fourth-order valence-electron chi connectivity index (χ4n) is 0.163. The number of ether oxygens (including phenoxy) is 1. The lowest BCUT2D eigenvalue weighted by molar-refractivity contribution is -0.168. The van der Waals surface area contributed by atoms with Crippen LogP contribution in [0.25, 0.3) is 0 Å². The third-order valence-electron chi connectivity index (χ3n) is 0.383. The SMILES string of the molecule is COCN(O)C=O. The van der Waals surface area contributed by atoms with Gasteiger partial charge in [0.15, 0.2) is 0 Å². The first-order valence-electron chi connectivity index (χ1n) is 1.71. The van der Waals surface area contributed by atoms with Crippen molar-refractivity contribution in [3.63, 3.8) is 0 Å². The largest absolute Gasteiger partial charge is 0.362 e. The van der Waals surface area contributed by atoms with Crippen LogP contribution in [0.5, 0.6) is 0 Å². The Labute approximate surface area is 41.3 Å². The summed E-state index contributed by atoms with van der Waals surface area (Å²) in [5.41, 5.74) is 0. The summed E-state index contributed by atoms with van der Waals surface area (Å²) in [5, 5.41) is 8.60. The highest BCUT2D eigenvalue weighted by molar-refractivity contribution is 5.44. The molecule has 0 rings (SSSR count). The Kier molecular flexibility index (Phi) is 3.26. The summed E-state index contributed by atoms with van der Waals surface area (Å²) >= 11 is 0. The quantitative estimate of drug-likeness (QED) is 0.226. The molecule has 0 aliphatic carbocycles. The molecular formula is C3H7NO3. The number of hydrogen-bond acceptors (Lipinski definition) is 3. The molecule has 1 amide bonds. The van der Waals surface area contributed by atoms with Crippen LogP contribution in [0.2, 0.25) is 0 Å². The van der Waals surface area contributed by atoms with Gasteiger partial charge in [-0.05, 0) is 0 Å². The number of hydrogen-bond donors (Lipinski definition) is 1. The summed E-state index contributed by atoms with van der Waals surface area (Å²) in [6, 6.07) is 0. The normalized spacial score (nSPS) is 8.29. The van der Waals surface area contributed by atoms with Crippen LogP contribution < -0.4 is 0 Å². The number of carbonyl (C=O) groups is 1. The molecule has 4 nitrogen and oxygen atoms in total. The Morgan fingerprint density at radius 1 is 2.00 bits per heavy atom. The van der Waals surface area contributed by atoms with Gasteiger partial charge in [0.05, 0.1) is 0 Å². The minimum Gasteiger partial charge on any atom is -0.362 e. The van der Waals surface area contributed by atoms with E-state index in [1.807, 2.05) is 0 Å². The van der Waals surface area contributed by atoms with Crippen molar-refractivity contribution in [3.8, 4) is 0 Å². The van der Waals surface area contributed by atoms with E-state index < -0.39 is 0 Å². The van der Waals surface area contributed by atoms with Gasteiger partial charge in [0.2, 0.25) is 6.41 Å². The third-order valence-corrected chi connectivity index (χ3v) is 0.383. The number of amides is 1. The Morgan fingerprint density at radius 3 is 2.71 bits per heavy atom. The standard InChI is InChI=1S/C3H7NO3/c1-7-3-4(6)2-5/h2,6H,3H2,1H3. The molecule has 0 unspecified atom stereocenters. The van der Waals surface area contributed by atoms with E-state index >= 15 is 0 Å². The van der Waals surface area contributed by atoms with Gasteiger partial charge in [0, 0.05) is 7.11 Å². The number of methoxy groups -OCH3 is 1. The lowest BCUT2D eigenvalue weighted by Gasteiger charge is -2.03. The van der Waals surface area contributed by atoms with Crippen molar-refractivity contribution in [1.82, 2.24) is 5.06 Å². The van der Waals surface area contributed by atoms with Crippen LogP contribution in [0, 0.1) is 0 Å². The molecule has 0 saturated heterocycles. The highest BCUT2D eigenvalue weighted by Gasteiger charge is 1.87. The van der Waals surface area contributed by atoms with Gasteiger partial charge in [-0.1, -0.05) is 0 Å². The Morgan fingerprint density at radius 2 is 2.57 bits per heavy atom. The zero-order chi connectivity index (χ0) is 5.70. The maximum Gasteiger partial charge on any atom is 0.235 e. The molecule has 1 N–H and O–H groups in total. The van der Waals surface area contributed by atoms with Crippen LogP contribution in [-0.4, -0.2) is 30.5 Å². The molecule has 0 aliphatic rings. The minimum atomic E-state index is -0.0799. The zero-order valence-electron chi connectivity index (χ0n) is 4.00. The Balaban J connectivity index is 2.98. The number of nitrogens with zero attached hydrogens (tertiary/aromatic N) is 1. The van der Waals surface area contributed by atoms with Gasteiger partial charge in [0.1, 0.15) is 6.73 Å². The first kappa shape index (κ1) is 6.39. The highest BCUT2D eigenvalue weighted by Crippen LogP contribution is 1.70. The second kappa shape index (κ2) is 3.58. The van der Waals surface area contributed by atoms with Crippen molar-refractivity contribution >= 4 is 6.41 Å². The third kappa shape index (κ3) is 3.21. The van der Waals surface area contributed by atoms with Crippen molar-refractivity contribution in [3.05, 3.63) is 0 Å². The van der Waals surface area contributed by atoms with E-state index in [-0.39, 0.29) is 13.1 Å². The van der Waals surface area contributed by atoms with Crippen LogP contribution in [0.15, 0.2) is 0 Å². The molecule has 0 atom stereocenters. The minimum absolute atomic E-state index is 0.0799. The van der Waals surface area contributed by atoms with E-state index in [0.717, 1.165) is 0 Å². The number of rotatable bonds is 3. The van der Waals surface area contributed by atoms with Gasteiger partial charge < -0.3 is 4.74 Å². The van der Waals surface area contributed by atoms with Crippen molar-refractivity contribution < 1.29 is 14.7 Å². The summed E-state index contributed by atoms with van der Waals surface area (Å²) in [6.45, 7) is -0.0799. The van der Waals surface area contributed by atoms with Crippen molar-refractivity contribution in [2.45, 2.75) is 0 Å². The number of carbonyl (C=O) groups excluding carboxylic acids is 1. The molecular weight excluding hydrogens is 98.0 g/mol. The predicted molar refractivity (Wildman–Crippen MR) is 21.6 cm³/mol. The second-order valence-electron chi connectivity index (χ2n) is 0.963. The fourth-order valence-corrected chi connectivity index (χ4v) is 0.163. The van der Waals surface area contributed by atoms with Gasteiger partial charge in [-0.3, -0.25) is 10.0 Å². The summed E-state index contributed by atoms with van der Waals surface area (Å²) in [5.74, 6) is 0. The lowest BCUT2D eigenvalue weighted by Crippen LogP contribution is -2.18. The Bertz CT molecular complexity index is 56.1. The molecule has 7 heavy (non-hydrogen) atoms. The van der Waals surface area contributed by atoms with Crippen LogP contribution in [0.4, 0.5) is 0 Å². The smallest absolute Gasteiger partial charge is 0.235 e. The van der Waals surface area contributed by atoms with E-state index in [9.17, 15) is 4.79 Å². The monoisotopic (exact) mass is 105 g/mol. The molecule has 0 spiro atoms. The maximum absolute atomic E-state index is 9.49. The molecule has 0 saturated carbocycles. The van der Waals surface area contributed by atoms with Gasteiger partial charge >= 0.3 is 0 Å². The summed E-state index contributed by atoms with van der Waals surface area (Å²) in [4.78, 5) is 9.49. The van der Waals surface area contributed by atoms with Gasteiger partial charge in [-0.25, -0.2) is 5.06 Å². The molecule has 0 fully saturated rings. The molecule has 0 aromatic carbocycles. The summed E-state index contributed by atoms with van der Waals surface area (Å²) < 4.78 is 4.34. The molecule has 0 aliphatic heterocycles. The molecule has 0 aromatic rings. The molecule has 0 aromatic heterocycles. The first-order chi connectivity index (χ1) is 3.31. The Hall–Kier alpha value is -0.610. The molecule has 42 valence electrons. The van der Waals surface area contributed by atoms with Gasteiger partial charge in [-0.15, -0.1) is 0 Å².